The maximum atomic E-state index is 12.4. The summed E-state index contributed by atoms with van der Waals surface area (Å²) in [6, 6.07) is 3.28. The van der Waals surface area contributed by atoms with Gasteiger partial charge in [0, 0.05) is 18.0 Å². The SMILES string of the molecule is CCC1CCCN(S(=O)(=O)c2ccc(CO)s2)C1. The van der Waals surface area contributed by atoms with Gasteiger partial charge in [-0.2, -0.15) is 4.31 Å². The number of sulfonamides is 1. The fraction of sp³-hybridized carbons (Fsp3) is 0.667. The van der Waals surface area contributed by atoms with Crippen molar-refractivity contribution < 1.29 is 13.5 Å². The van der Waals surface area contributed by atoms with Crippen molar-refractivity contribution in [3.8, 4) is 0 Å². The maximum absolute atomic E-state index is 12.4. The smallest absolute Gasteiger partial charge is 0.252 e. The summed E-state index contributed by atoms with van der Waals surface area (Å²) in [6.45, 7) is 3.25. The molecule has 0 radical (unpaired) electrons. The van der Waals surface area contributed by atoms with Crippen LogP contribution in [0.15, 0.2) is 16.3 Å². The summed E-state index contributed by atoms with van der Waals surface area (Å²) in [5, 5.41) is 9.01. The second kappa shape index (κ2) is 5.69. The molecule has 0 aromatic carbocycles. The van der Waals surface area contributed by atoms with Gasteiger partial charge in [-0.1, -0.05) is 13.3 Å². The molecule has 1 fully saturated rings. The zero-order chi connectivity index (χ0) is 13.2. The number of aliphatic hydroxyl groups excluding tert-OH is 1. The number of aliphatic hydroxyl groups is 1. The van der Waals surface area contributed by atoms with E-state index in [4.69, 9.17) is 5.11 Å². The van der Waals surface area contributed by atoms with E-state index in [0.717, 1.165) is 30.6 Å². The Balaban J connectivity index is 2.19. The first kappa shape index (κ1) is 14.0. The molecule has 1 unspecified atom stereocenters. The van der Waals surface area contributed by atoms with Gasteiger partial charge in [0.1, 0.15) is 4.21 Å². The Morgan fingerprint density at radius 3 is 2.89 bits per heavy atom. The van der Waals surface area contributed by atoms with Gasteiger partial charge in [-0.3, -0.25) is 0 Å². The first-order valence-corrected chi connectivity index (χ1v) is 8.53. The summed E-state index contributed by atoms with van der Waals surface area (Å²) >= 11 is 1.16. The number of hydrogen-bond acceptors (Lipinski definition) is 4. The summed E-state index contributed by atoms with van der Waals surface area (Å²) in [5.74, 6) is 0.478. The van der Waals surface area contributed by atoms with Crippen LogP contribution in [0.1, 0.15) is 31.1 Å². The number of thiophene rings is 1. The largest absolute Gasteiger partial charge is 0.391 e. The Labute approximate surface area is 112 Å². The van der Waals surface area contributed by atoms with E-state index >= 15 is 0 Å². The van der Waals surface area contributed by atoms with Crippen LogP contribution in [-0.2, 0) is 16.6 Å². The van der Waals surface area contributed by atoms with Gasteiger partial charge in [0.25, 0.3) is 10.0 Å². The Bertz CT molecular complexity index is 495. The van der Waals surface area contributed by atoms with Crippen LogP contribution in [0.2, 0.25) is 0 Å². The third-order valence-corrected chi connectivity index (χ3v) is 6.85. The molecule has 0 aliphatic carbocycles. The first-order chi connectivity index (χ1) is 8.57. The van der Waals surface area contributed by atoms with E-state index in [0.29, 0.717) is 28.1 Å². The van der Waals surface area contributed by atoms with Crippen LogP contribution in [0, 0.1) is 5.92 Å². The number of piperidine rings is 1. The normalized spacial score (nSPS) is 22.2. The van der Waals surface area contributed by atoms with E-state index in [9.17, 15) is 8.42 Å². The van der Waals surface area contributed by atoms with Crippen LogP contribution in [0.25, 0.3) is 0 Å². The Morgan fingerprint density at radius 1 is 1.50 bits per heavy atom. The molecule has 0 amide bonds. The van der Waals surface area contributed by atoms with E-state index in [1.54, 1.807) is 16.4 Å². The van der Waals surface area contributed by atoms with Crippen molar-refractivity contribution in [2.75, 3.05) is 13.1 Å². The van der Waals surface area contributed by atoms with Crippen molar-refractivity contribution in [2.45, 2.75) is 37.0 Å². The molecule has 0 bridgehead atoms. The average Bonchev–Trinajstić information content (AvgIpc) is 2.88. The topological polar surface area (TPSA) is 57.6 Å². The summed E-state index contributed by atoms with van der Waals surface area (Å²) < 4.78 is 26.8. The van der Waals surface area contributed by atoms with Gasteiger partial charge in [-0.15, -0.1) is 11.3 Å². The highest BCUT2D eigenvalue weighted by molar-refractivity contribution is 7.91. The van der Waals surface area contributed by atoms with E-state index in [2.05, 4.69) is 6.92 Å². The van der Waals surface area contributed by atoms with Crippen LogP contribution in [0.5, 0.6) is 0 Å². The highest BCUT2D eigenvalue weighted by Gasteiger charge is 2.30. The third-order valence-electron chi connectivity index (χ3n) is 3.45. The van der Waals surface area contributed by atoms with Gasteiger partial charge >= 0.3 is 0 Å². The lowest BCUT2D eigenvalue weighted by atomic mass is 9.97. The molecule has 18 heavy (non-hydrogen) atoms. The summed E-state index contributed by atoms with van der Waals surface area (Å²) in [6.07, 6.45) is 3.09. The highest BCUT2D eigenvalue weighted by Crippen LogP contribution is 2.29. The van der Waals surface area contributed by atoms with E-state index in [-0.39, 0.29) is 6.61 Å². The molecule has 102 valence electrons. The third kappa shape index (κ3) is 2.77. The van der Waals surface area contributed by atoms with Crippen molar-refractivity contribution >= 4 is 21.4 Å². The molecule has 2 rings (SSSR count). The Kier molecular flexibility index (Phi) is 4.42. The number of rotatable bonds is 4. The zero-order valence-corrected chi connectivity index (χ0v) is 12.1. The average molecular weight is 289 g/mol. The lowest BCUT2D eigenvalue weighted by Crippen LogP contribution is -2.39. The van der Waals surface area contributed by atoms with Crippen LogP contribution >= 0.6 is 11.3 Å². The van der Waals surface area contributed by atoms with E-state index in [1.807, 2.05) is 0 Å². The van der Waals surface area contributed by atoms with Crippen molar-refractivity contribution in [1.29, 1.82) is 0 Å². The molecule has 1 aliphatic heterocycles. The molecule has 0 spiro atoms. The van der Waals surface area contributed by atoms with E-state index < -0.39 is 10.0 Å². The standard InChI is InChI=1S/C12H19NO3S2/c1-2-10-4-3-7-13(8-10)18(15,16)12-6-5-11(9-14)17-12/h5-6,10,14H,2-4,7-9H2,1H3. The molecule has 1 aromatic heterocycles. The fourth-order valence-electron chi connectivity index (χ4n) is 2.29. The molecule has 1 atom stereocenters. The molecule has 6 heteroatoms. The molecule has 4 nitrogen and oxygen atoms in total. The predicted molar refractivity (Wildman–Crippen MR) is 72.0 cm³/mol. The number of hydrogen-bond donors (Lipinski definition) is 1. The molecule has 1 aromatic rings. The van der Waals surface area contributed by atoms with Gasteiger partial charge < -0.3 is 5.11 Å². The van der Waals surface area contributed by atoms with Crippen LogP contribution in [0.4, 0.5) is 0 Å². The van der Waals surface area contributed by atoms with Gasteiger partial charge in [0.2, 0.25) is 0 Å². The number of nitrogens with zero attached hydrogens (tertiary/aromatic N) is 1. The van der Waals surface area contributed by atoms with Crippen LogP contribution < -0.4 is 0 Å². The molecule has 1 N–H and O–H groups in total. The minimum atomic E-state index is -3.35. The van der Waals surface area contributed by atoms with Gasteiger partial charge in [-0.05, 0) is 30.9 Å². The van der Waals surface area contributed by atoms with Crippen molar-refractivity contribution in [3.05, 3.63) is 17.0 Å². The van der Waals surface area contributed by atoms with Gasteiger partial charge in [-0.25, -0.2) is 8.42 Å². The molecular weight excluding hydrogens is 270 g/mol. The van der Waals surface area contributed by atoms with E-state index in [1.165, 1.54) is 0 Å². The molecule has 1 aliphatic rings. The second-order valence-electron chi connectivity index (χ2n) is 4.66. The van der Waals surface area contributed by atoms with Crippen LogP contribution in [0.3, 0.4) is 0 Å². The molecular formula is C12H19NO3S2. The minimum Gasteiger partial charge on any atom is -0.391 e. The second-order valence-corrected chi connectivity index (χ2v) is 7.99. The minimum absolute atomic E-state index is 0.0994. The quantitative estimate of drug-likeness (QED) is 0.923. The van der Waals surface area contributed by atoms with Crippen LogP contribution in [-0.4, -0.2) is 30.9 Å². The lowest BCUT2D eigenvalue weighted by molar-refractivity contribution is 0.262. The maximum Gasteiger partial charge on any atom is 0.252 e. The van der Waals surface area contributed by atoms with Crippen molar-refractivity contribution in [3.63, 3.8) is 0 Å². The molecule has 1 saturated heterocycles. The summed E-state index contributed by atoms with van der Waals surface area (Å²) in [7, 11) is -3.35. The summed E-state index contributed by atoms with van der Waals surface area (Å²) in [4.78, 5) is 0.692. The van der Waals surface area contributed by atoms with Crippen molar-refractivity contribution in [2.24, 2.45) is 5.92 Å². The first-order valence-electron chi connectivity index (χ1n) is 6.27. The monoisotopic (exact) mass is 289 g/mol. The molecule has 2 heterocycles. The van der Waals surface area contributed by atoms with Crippen molar-refractivity contribution in [1.82, 2.24) is 4.31 Å². The fourth-order valence-corrected chi connectivity index (χ4v) is 5.21. The summed E-state index contributed by atoms with van der Waals surface area (Å²) in [5.41, 5.74) is 0. The van der Waals surface area contributed by atoms with Gasteiger partial charge in [0.05, 0.1) is 6.61 Å². The van der Waals surface area contributed by atoms with Gasteiger partial charge in [0.15, 0.2) is 0 Å². The lowest BCUT2D eigenvalue weighted by Gasteiger charge is -2.30. The predicted octanol–water partition coefficient (Wildman–Crippen LogP) is 2.05. The molecule has 0 saturated carbocycles. The highest BCUT2D eigenvalue weighted by atomic mass is 32.2. The Morgan fingerprint density at radius 2 is 2.28 bits per heavy atom. The zero-order valence-electron chi connectivity index (χ0n) is 10.5. The Hall–Kier alpha value is -0.430.